The predicted octanol–water partition coefficient (Wildman–Crippen LogP) is 2.89. The van der Waals surface area contributed by atoms with Crippen LogP contribution in [0.3, 0.4) is 0 Å². The number of rotatable bonds is 5. The fourth-order valence-electron chi connectivity index (χ4n) is 2.29. The molecule has 0 aliphatic carbocycles. The average Bonchev–Trinajstić information content (AvgIpc) is 2.65. The zero-order valence-electron chi connectivity index (χ0n) is 10.6. The molecule has 0 spiro atoms. The number of carboxylic acid groups (broad SMARTS) is 1. The van der Waals surface area contributed by atoms with E-state index in [0.717, 1.165) is 28.8 Å². The Labute approximate surface area is 106 Å². The molecule has 0 bridgehead atoms. The molecule has 4 nitrogen and oxygen atoms in total. The number of para-hydroxylation sites is 1. The number of nitrogens with one attached hydrogen (secondary N) is 1. The first kappa shape index (κ1) is 12.5. The first-order valence-electron chi connectivity index (χ1n) is 5.99. The molecule has 2 N–H and O–H groups in total. The largest absolute Gasteiger partial charge is 0.495 e. The Morgan fingerprint density at radius 2 is 2.22 bits per heavy atom. The minimum Gasteiger partial charge on any atom is -0.495 e. The summed E-state index contributed by atoms with van der Waals surface area (Å²) in [5.74, 6) is 0.0742. The molecule has 0 atom stereocenters. The molecule has 0 amide bonds. The maximum absolute atomic E-state index is 10.5. The van der Waals surface area contributed by atoms with Gasteiger partial charge in [0.25, 0.3) is 0 Å². The van der Waals surface area contributed by atoms with Crippen LogP contribution in [0.4, 0.5) is 0 Å². The molecule has 0 fully saturated rings. The molecule has 0 radical (unpaired) electrons. The van der Waals surface area contributed by atoms with E-state index in [1.165, 1.54) is 5.56 Å². The van der Waals surface area contributed by atoms with Crippen LogP contribution in [-0.2, 0) is 11.2 Å². The second kappa shape index (κ2) is 5.12. The van der Waals surface area contributed by atoms with Gasteiger partial charge in [-0.05, 0) is 31.4 Å². The maximum Gasteiger partial charge on any atom is 0.303 e. The van der Waals surface area contributed by atoms with Crippen LogP contribution >= 0.6 is 0 Å². The van der Waals surface area contributed by atoms with Gasteiger partial charge in [0.2, 0.25) is 0 Å². The molecule has 2 aromatic rings. The molecular weight excluding hydrogens is 230 g/mol. The first-order chi connectivity index (χ1) is 8.63. The van der Waals surface area contributed by atoms with Crippen LogP contribution in [0.2, 0.25) is 0 Å². The molecule has 1 aromatic heterocycles. The summed E-state index contributed by atoms with van der Waals surface area (Å²) in [7, 11) is 1.65. The smallest absolute Gasteiger partial charge is 0.303 e. The van der Waals surface area contributed by atoms with E-state index in [0.29, 0.717) is 6.42 Å². The number of aryl methyl sites for hydroxylation is 2. The summed E-state index contributed by atoms with van der Waals surface area (Å²) in [6, 6.07) is 5.91. The number of hydrogen-bond acceptors (Lipinski definition) is 2. The van der Waals surface area contributed by atoms with Crippen molar-refractivity contribution in [2.24, 2.45) is 0 Å². The number of aromatic nitrogens is 1. The van der Waals surface area contributed by atoms with E-state index in [1.807, 2.05) is 25.1 Å². The Kier molecular flexibility index (Phi) is 3.55. The minimum absolute atomic E-state index is 0.204. The first-order valence-corrected chi connectivity index (χ1v) is 5.99. The molecular formula is C14H17NO3. The maximum atomic E-state index is 10.5. The Balaban J connectivity index is 2.32. The van der Waals surface area contributed by atoms with Gasteiger partial charge in [-0.1, -0.05) is 12.1 Å². The van der Waals surface area contributed by atoms with E-state index < -0.39 is 5.97 Å². The van der Waals surface area contributed by atoms with E-state index in [-0.39, 0.29) is 6.42 Å². The highest BCUT2D eigenvalue weighted by molar-refractivity contribution is 5.89. The molecule has 4 heteroatoms. The van der Waals surface area contributed by atoms with Gasteiger partial charge in [-0.25, -0.2) is 0 Å². The summed E-state index contributed by atoms with van der Waals surface area (Å²) in [6.45, 7) is 2.01. The number of carbonyl (C=O) groups is 1. The topological polar surface area (TPSA) is 62.3 Å². The summed E-state index contributed by atoms with van der Waals surface area (Å²) in [4.78, 5) is 13.9. The molecule has 0 aliphatic rings. The zero-order chi connectivity index (χ0) is 13.1. The fourth-order valence-corrected chi connectivity index (χ4v) is 2.29. The third-order valence-corrected chi connectivity index (χ3v) is 3.15. The normalized spacial score (nSPS) is 10.8. The number of benzene rings is 1. The molecule has 0 saturated carbocycles. The average molecular weight is 247 g/mol. The van der Waals surface area contributed by atoms with Gasteiger partial charge in [-0.3, -0.25) is 4.79 Å². The third-order valence-electron chi connectivity index (χ3n) is 3.15. The van der Waals surface area contributed by atoms with Crippen LogP contribution in [0.5, 0.6) is 5.75 Å². The molecule has 2 rings (SSSR count). The molecule has 96 valence electrons. The number of methoxy groups -OCH3 is 1. The summed E-state index contributed by atoms with van der Waals surface area (Å²) in [5, 5.41) is 9.80. The van der Waals surface area contributed by atoms with Gasteiger partial charge in [-0.2, -0.15) is 0 Å². The lowest BCUT2D eigenvalue weighted by molar-refractivity contribution is -0.137. The molecule has 1 heterocycles. The van der Waals surface area contributed by atoms with Crippen molar-refractivity contribution in [3.63, 3.8) is 0 Å². The Bertz CT molecular complexity index is 572. The highest BCUT2D eigenvalue weighted by Gasteiger charge is 2.11. The number of aromatic amines is 1. The molecule has 18 heavy (non-hydrogen) atoms. The number of H-pyrrole nitrogens is 1. The van der Waals surface area contributed by atoms with Gasteiger partial charge in [0.1, 0.15) is 5.75 Å². The zero-order valence-corrected chi connectivity index (χ0v) is 10.6. The number of hydrogen-bond donors (Lipinski definition) is 2. The van der Waals surface area contributed by atoms with E-state index in [9.17, 15) is 4.79 Å². The van der Waals surface area contributed by atoms with E-state index in [1.54, 1.807) is 7.11 Å². The molecule has 0 unspecified atom stereocenters. The summed E-state index contributed by atoms with van der Waals surface area (Å²) in [5.41, 5.74) is 3.26. The lowest BCUT2D eigenvalue weighted by Crippen LogP contribution is -1.96. The van der Waals surface area contributed by atoms with E-state index >= 15 is 0 Å². The molecule has 1 aromatic carbocycles. The van der Waals surface area contributed by atoms with Crippen LogP contribution in [0.1, 0.15) is 24.1 Å². The van der Waals surface area contributed by atoms with Gasteiger partial charge in [0.05, 0.1) is 12.6 Å². The summed E-state index contributed by atoms with van der Waals surface area (Å²) in [6.07, 6.45) is 1.63. The standard InChI is InChI=1S/C14H17NO3/c1-9-10(5-4-8-13(16)17)11-6-3-7-12(18-2)14(11)15-9/h3,6-7,15H,4-5,8H2,1-2H3,(H,16,17). The van der Waals surface area contributed by atoms with Crippen LogP contribution in [0, 0.1) is 6.92 Å². The number of ether oxygens (including phenoxy) is 1. The van der Waals surface area contributed by atoms with Crippen molar-refractivity contribution in [1.29, 1.82) is 0 Å². The molecule has 0 saturated heterocycles. The van der Waals surface area contributed by atoms with Gasteiger partial charge >= 0.3 is 5.97 Å². The monoisotopic (exact) mass is 247 g/mol. The van der Waals surface area contributed by atoms with Crippen molar-refractivity contribution >= 4 is 16.9 Å². The summed E-state index contributed by atoms with van der Waals surface area (Å²) < 4.78 is 5.31. The van der Waals surface area contributed by atoms with Crippen molar-refractivity contribution < 1.29 is 14.6 Å². The Morgan fingerprint density at radius 3 is 2.89 bits per heavy atom. The van der Waals surface area contributed by atoms with Crippen LogP contribution in [-0.4, -0.2) is 23.2 Å². The Hall–Kier alpha value is -1.97. The lowest BCUT2D eigenvalue weighted by atomic mass is 10.0. The van der Waals surface area contributed by atoms with Crippen molar-refractivity contribution in [1.82, 2.24) is 4.98 Å². The highest BCUT2D eigenvalue weighted by Crippen LogP contribution is 2.30. The van der Waals surface area contributed by atoms with Crippen LogP contribution < -0.4 is 4.74 Å². The number of aliphatic carboxylic acids is 1. The minimum atomic E-state index is -0.745. The van der Waals surface area contributed by atoms with E-state index in [4.69, 9.17) is 9.84 Å². The Morgan fingerprint density at radius 1 is 1.44 bits per heavy atom. The summed E-state index contributed by atoms with van der Waals surface area (Å²) >= 11 is 0. The SMILES string of the molecule is COc1cccc2c(CCCC(=O)O)c(C)[nH]c12. The quantitative estimate of drug-likeness (QED) is 0.854. The van der Waals surface area contributed by atoms with Gasteiger partial charge in [0.15, 0.2) is 0 Å². The second-order valence-corrected chi connectivity index (χ2v) is 4.36. The fraction of sp³-hybridized carbons (Fsp3) is 0.357. The van der Waals surface area contributed by atoms with Gasteiger partial charge in [0, 0.05) is 17.5 Å². The van der Waals surface area contributed by atoms with Crippen molar-refractivity contribution in [2.75, 3.05) is 7.11 Å². The third kappa shape index (κ3) is 2.32. The van der Waals surface area contributed by atoms with Crippen molar-refractivity contribution in [3.05, 3.63) is 29.5 Å². The van der Waals surface area contributed by atoms with Crippen LogP contribution in [0.25, 0.3) is 10.9 Å². The lowest BCUT2D eigenvalue weighted by Gasteiger charge is -2.02. The van der Waals surface area contributed by atoms with Crippen molar-refractivity contribution in [3.8, 4) is 5.75 Å². The number of fused-ring (bicyclic) bond motifs is 1. The van der Waals surface area contributed by atoms with Crippen LogP contribution in [0.15, 0.2) is 18.2 Å². The van der Waals surface area contributed by atoms with E-state index in [2.05, 4.69) is 4.98 Å². The second-order valence-electron chi connectivity index (χ2n) is 4.36. The van der Waals surface area contributed by atoms with Gasteiger partial charge < -0.3 is 14.8 Å². The van der Waals surface area contributed by atoms with Gasteiger partial charge in [-0.15, -0.1) is 0 Å². The highest BCUT2D eigenvalue weighted by atomic mass is 16.5. The molecule has 0 aliphatic heterocycles. The number of carboxylic acids is 1. The predicted molar refractivity (Wildman–Crippen MR) is 70.2 cm³/mol. The van der Waals surface area contributed by atoms with Crippen molar-refractivity contribution in [2.45, 2.75) is 26.2 Å².